The summed E-state index contributed by atoms with van der Waals surface area (Å²) < 4.78 is 1.57. The van der Waals surface area contributed by atoms with E-state index in [1.54, 1.807) is 41.1 Å². The van der Waals surface area contributed by atoms with Gasteiger partial charge in [0, 0.05) is 10.7 Å². The van der Waals surface area contributed by atoms with Gasteiger partial charge in [-0.1, -0.05) is 23.7 Å². The van der Waals surface area contributed by atoms with Crippen LogP contribution in [0, 0.1) is 0 Å². The van der Waals surface area contributed by atoms with Crippen molar-refractivity contribution < 1.29 is 4.79 Å². The van der Waals surface area contributed by atoms with Crippen molar-refractivity contribution in [3.8, 4) is 5.69 Å². The summed E-state index contributed by atoms with van der Waals surface area (Å²) in [4.78, 5) is 30.6. The number of H-pyrrole nitrogens is 1. The summed E-state index contributed by atoms with van der Waals surface area (Å²) in [5.74, 6) is -0.136. The Bertz CT molecular complexity index is 1180. The number of nitrogens with zero attached hydrogens (tertiary/aromatic N) is 3. The first-order valence-electron chi connectivity index (χ1n) is 8.16. The van der Waals surface area contributed by atoms with E-state index in [1.807, 2.05) is 12.1 Å². The van der Waals surface area contributed by atoms with Crippen LogP contribution in [0.3, 0.4) is 0 Å². The smallest absolute Gasteiger partial charge is 0.261 e. The van der Waals surface area contributed by atoms with Crippen molar-refractivity contribution in [1.29, 1.82) is 0 Å². The average Bonchev–Trinajstić information content (AvgIpc) is 3.08. The fourth-order valence-corrected chi connectivity index (χ4v) is 2.98. The quantitative estimate of drug-likeness (QED) is 0.570. The molecule has 0 radical (unpaired) electrons. The van der Waals surface area contributed by atoms with Gasteiger partial charge in [-0.25, -0.2) is 9.67 Å². The monoisotopic (exact) mass is 379 g/mol. The van der Waals surface area contributed by atoms with Gasteiger partial charge in [-0.2, -0.15) is 5.10 Å². The summed E-state index contributed by atoms with van der Waals surface area (Å²) >= 11 is 5.94. The normalized spacial score (nSPS) is 10.9. The van der Waals surface area contributed by atoms with E-state index >= 15 is 0 Å². The number of carbonyl (C=O) groups excluding carboxylic acids is 1. The molecule has 0 spiro atoms. The Morgan fingerprint density at radius 1 is 1.19 bits per heavy atom. The van der Waals surface area contributed by atoms with E-state index in [-0.39, 0.29) is 17.9 Å². The van der Waals surface area contributed by atoms with Crippen LogP contribution in [0.1, 0.15) is 5.56 Å². The highest BCUT2D eigenvalue weighted by Gasteiger charge is 2.09. The molecule has 0 unspecified atom stereocenters. The Hall–Kier alpha value is -3.45. The second-order valence-electron chi connectivity index (χ2n) is 5.93. The first-order valence-corrected chi connectivity index (χ1v) is 8.54. The molecule has 0 atom stereocenters. The standard InChI is InChI=1S/C19H14ClN5O2/c20-13-3-1-2-12(8-13)9-17(26)24-14-4-6-15(7-5-14)25-18-16(10-23-25)19(27)22-11-21-18/h1-8,10-11H,9H2,(H,24,26)(H,21,22,27). The van der Waals surface area contributed by atoms with E-state index < -0.39 is 0 Å². The maximum Gasteiger partial charge on any atom is 0.261 e. The molecule has 8 heteroatoms. The first-order chi connectivity index (χ1) is 13.1. The molecule has 27 heavy (non-hydrogen) atoms. The molecule has 1 amide bonds. The van der Waals surface area contributed by atoms with Crippen LogP contribution in [0.25, 0.3) is 16.7 Å². The predicted octanol–water partition coefficient (Wildman–Crippen LogP) is 2.94. The zero-order valence-corrected chi connectivity index (χ0v) is 14.8. The SMILES string of the molecule is O=C(Cc1cccc(Cl)c1)Nc1ccc(-n2ncc3c(=O)[nH]cnc32)cc1. The van der Waals surface area contributed by atoms with Gasteiger partial charge in [0.1, 0.15) is 5.39 Å². The van der Waals surface area contributed by atoms with Gasteiger partial charge in [0.15, 0.2) is 5.65 Å². The third kappa shape index (κ3) is 3.58. The summed E-state index contributed by atoms with van der Waals surface area (Å²) in [6, 6.07) is 14.3. The molecule has 0 saturated heterocycles. The lowest BCUT2D eigenvalue weighted by Gasteiger charge is -2.07. The van der Waals surface area contributed by atoms with Crippen molar-refractivity contribution in [1.82, 2.24) is 19.7 Å². The highest BCUT2D eigenvalue weighted by molar-refractivity contribution is 6.30. The molecular weight excluding hydrogens is 366 g/mol. The number of hydrogen-bond acceptors (Lipinski definition) is 4. The molecule has 134 valence electrons. The largest absolute Gasteiger partial charge is 0.326 e. The molecule has 0 aliphatic heterocycles. The summed E-state index contributed by atoms with van der Waals surface area (Å²) in [5.41, 5.74) is 2.47. The Morgan fingerprint density at radius 2 is 2.00 bits per heavy atom. The fraction of sp³-hybridized carbons (Fsp3) is 0.0526. The lowest BCUT2D eigenvalue weighted by Crippen LogP contribution is -2.14. The van der Waals surface area contributed by atoms with Gasteiger partial charge >= 0.3 is 0 Å². The summed E-state index contributed by atoms with van der Waals surface area (Å²) in [5, 5.41) is 8.08. The van der Waals surface area contributed by atoms with Crippen molar-refractivity contribution in [2.24, 2.45) is 0 Å². The number of benzene rings is 2. The van der Waals surface area contributed by atoms with E-state index in [9.17, 15) is 9.59 Å². The van der Waals surface area contributed by atoms with Gasteiger partial charge < -0.3 is 10.3 Å². The second kappa shape index (κ2) is 7.05. The first kappa shape index (κ1) is 17.0. The number of halogens is 1. The molecule has 2 heterocycles. The van der Waals surface area contributed by atoms with E-state index in [4.69, 9.17) is 11.6 Å². The Balaban J connectivity index is 1.51. The Kier molecular flexibility index (Phi) is 4.43. The van der Waals surface area contributed by atoms with Crippen molar-refractivity contribution in [3.05, 3.63) is 82.0 Å². The predicted molar refractivity (Wildman–Crippen MR) is 103 cm³/mol. The summed E-state index contributed by atoms with van der Waals surface area (Å²) in [7, 11) is 0. The molecule has 0 fully saturated rings. The van der Waals surface area contributed by atoms with Gasteiger partial charge in [-0.15, -0.1) is 0 Å². The highest BCUT2D eigenvalue weighted by atomic mass is 35.5. The Morgan fingerprint density at radius 3 is 2.78 bits per heavy atom. The minimum Gasteiger partial charge on any atom is -0.326 e. The van der Waals surface area contributed by atoms with Crippen LogP contribution in [0.15, 0.2) is 65.8 Å². The third-order valence-electron chi connectivity index (χ3n) is 4.02. The maximum atomic E-state index is 12.2. The molecule has 7 nitrogen and oxygen atoms in total. The molecule has 0 aliphatic rings. The second-order valence-corrected chi connectivity index (χ2v) is 6.36. The molecule has 2 N–H and O–H groups in total. The van der Waals surface area contributed by atoms with E-state index in [0.29, 0.717) is 21.7 Å². The fourth-order valence-electron chi connectivity index (χ4n) is 2.77. The minimum atomic E-state index is -0.240. The van der Waals surface area contributed by atoms with Crippen molar-refractivity contribution in [2.45, 2.75) is 6.42 Å². The van der Waals surface area contributed by atoms with Gasteiger partial charge in [0.05, 0.1) is 24.6 Å². The van der Waals surface area contributed by atoms with Gasteiger partial charge in [-0.05, 0) is 42.0 Å². The number of carbonyl (C=O) groups is 1. The maximum absolute atomic E-state index is 12.2. The summed E-state index contributed by atoms with van der Waals surface area (Å²) in [6.45, 7) is 0. The zero-order valence-electron chi connectivity index (χ0n) is 14.0. The lowest BCUT2D eigenvalue weighted by atomic mass is 10.1. The number of amides is 1. The number of anilines is 1. The van der Waals surface area contributed by atoms with E-state index in [1.165, 1.54) is 12.5 Å². The van der Waals surface area contributed by atoms with Crippen LogP contribution in [0.4, 0.5) is 5.69 Å². The number of fused-ring (bicyclic) bond motifs is 1. The number of rotatable bonds is 4. The van der Waals surface area contributed by atoms with E-state index in [2.05, 4.69) is 20.4 Å². The molecular formula is C19H14ClN5O2. The molecule has 2 aromatic carbocycles. The minimum absolute atomic E-state index is 0.136. The molecule has 2 aromatic heterocycles. The number of aromatic nitrogens is 4. The highest BCUT2D eigenvalue weighted by Crippen LogP contribution is 2.17. The van der Waals surface area contributed by atoms with Crippen LogP contribution < -0.4 is 10.9 Å². The molecule has 4 aromatic rings. The number of hydrogen-bond donors (Lipinski definition) is 2. The van der Waals surface area contributed by atoms with Gasteiger partial charge in [0.25, 0.3) is 5.56 Å². The van der Waals surface area contributed by atoms with Crippen molar-refractivity contribution in [3.63, 3.8) is 0 Å². The van der Waals surface area contributed by atoms with Crippen LogP contribution in [-0.4, -0.2) is 25.7 Å². The number of aromatic amines is 1. The number of nitrogens with one attached hydrogen (secondary N) is 2. The van der Waals surface area contributed by atoms with Crippen molar-refractivity contribution >= 4 is 34.2 Å². The zero-order chi connectivity index (χ0) is 18.8. The third-order valence-corrected chi connectivity index (χ3v) is 4.26. The Labute approximate surface area is 158 Å². The van der Waals surface area contributed by atoms with Crippen LogP contribution >= 0.6 is 11.6 Å². The molecule has 0 aliphatic carbocycles. The van der Waals surface area contributed by atoms with Crippen LogP contribution in [-0.2, 0) is 11.2 Å². The molecule has 4 rings (SSSR count). The summed E-state index contributed by atoms with van der Waals surface area (Å²) in [6.07, 6.45) is 3.05. The van der Waals surface area contributed by atoms with Crippen molar-refractivity contribution in [2.75, 3.05) is 5.32 Å². The van der Waals surface area contributed by atoms with Crippen LogP contribution in [0.5, 0.6) is 0 Å². The van der Waals surface area contributed by atoms with Gasteiger partial charge in [0.2, 0.25) is 5.91 Å². The molecule has 0 saturated carbocycles. The van der Waals surface area contributed by atoms with Crippen LogP contribution in [0.2, 0.25) is 5.02 Å². The van der Waals surface area contributed by atoms with Gasteiger partial charge in [-0.3, -0.25) is 9.59 Å². The molecule has 0 bridgehead atoms. The van der Waals surface area contributed by atoms with E-state index in [0.717, 1.165) is 11.3 Å². The lowest BCUT2D eigenvalue weighted by molar-refractivity contribution is -0.115. The topological polar surface area (TPSA) is 92.7 Å². The average molecular weight is 380 g/mol.